The van der Waals surface area contributed by atoms with E-state index in [1.165, 1.54) is 48.3 Å². The van der Waals surface area contributed by atoms with Gasteiger partial charge in [0, 0.05) is 18.8 Å². The van der Waals surface area contributed by atoms with Gasteiger partial charge in [0.05, 0.1) is 4.70 Å². The topological polar surface area (TPSA) is 99.9 Å². The summed E-state index contributed by atoms with van der Waals surface area (Å²) in [4.78, 5) is 36.1. The summed E-state index contributed by atoms with van der Waals surface area (Å²) in [6, 6.07) is 7.54. The predicted octanol–water partition coefficient (Wildman–Crippen LogP) is 3.36. The van der Waals surface area contributed by atoms with E-state index in [1.54, 1.807) is 0 Å². The standard InChI is InChI=1S/C16H11FN2O5S/c1-19(9-4-2-8(17)3-5-9)16(23)18-13-7-11-12(25-13)6-10(14(20)21)15(22)24-11/h2-7H,1H3,(H,18,23)(H,20,21). The number of urea groups is 1. The number of halogens is 1. The van der Waals surface area contributed by atoms with Crippen LogP contribution in [-0.2, 0) is 0 Å². The molecule has 0 atom stereocenters. The molecule has 0 aliphatic heterocycles. The van der Waals surface area contributed by atoms with Gasteiger partial charge in [-0.15, -0.1) is 11.3 Å². The van der Waals surface area contributed by atoms with Crippen molar-refractivity contribution in [2.24, 2.45) is 0 Å². The molecule has 0 bridgehead atoms. The Balaban J connectivity index is 1.84. The van der Waals surface area contributed by atoms with Crippen LogP contribution in [0.2, 0.25) is 0 Å². The highest BCUT2D eigenvalue weighted by Crippen LogP contribution is 2.30. The van der Waals surface area contributed by atoms with Gasteiger partial charge in [0.25, 0.3) is 0 Å². The molecule has 9 heteroatoms. The highest BCUT2D eigenvalue weighted by molar-refractivity contribution is 7.22. The number of rotatable bonds is 3. The fourth-order valence-corrected chi connectivity index (χ4v) is 3.01. The Morgan fingerprint density at radius 1 is 1.24 bits per heavy atom. The van der Waals surface area contributed by atoms with E-state index in [0.29, 0.717) is 15.4 Å². The van der Waals surface area contributed by atoms with E-state index in [4.69, 9.17) is 9.52 Å². The summed E-state index contributed by atoms with van der Waals surface area (Å²) in [5.41, 5.74) is -0.769. The number of amides is 2. The van der Waals surface area contributed by atoms with Crippen molar-refractivity contribution in [1.29, 1.82) is 0 Å². The van der Waals surface area contributed by atoms with Gasteiger partial charge in [-0.05, 0) is 30.3 Å². The second-order valence-corrected chi connectivity index (χ2v) is 6.14. The van der Waals surface area contributed by atoms with Crippen LogP contribution in [0.3, 0.4) is 0 Å². The molecule has 2 aromatic heterocycles. The normalized spacial score (nSPS) is 10.6. The number of carboxylic acids is 1. The highest BCUT2D eigenvalue weighted by atomic mass is 32.1. The van der Waals surface area contributed by atoms with Gasteiger partial charge >= 0.3 is 17.6 Å². The molecule has 0 fully saturated rings. The van der Waals surface area contributed by atoms with Gasteiger partial charge < -0.3 is 9.52 Å². The third kappa shape index (κ3) is 3.36. The van der Waals surface area contributed by atoms with Crippen LogP contribution in [-0.4, -0.2) is 24.2 Å². The average molecular weight is 362 g/mol. The fraction of sp³-hybridized carbons (Fsp3) is 0.0625. The largest absolute Gasteiger partial charge is 0.477 e. The van der Waals surface area contributed by atoms with Crippen molar-refractivity contribution in [3.8, 4) is 0 Å². The molecule has 0 radical (unpaired) electrons. The summed E-state index contributed by atoms with van der Waals surface area (Å²) in [5.74, 6) is -1.79. The van der Waals surface area contributed by atoms with E-state index in [-0.39, 0.29) is 5.58 Å². The summed E-state index contributed by atoms with van der Waals surface area (Å²) in [6.07, 6.45) is 0. The van der Waals surface area contributed by atoms with Crippen LogP contribution in [0.5, 0.6) is 0 Å². The number of anilines is 2. The van der Waals surface area contributed by atoms with Crippen molar-refractivity contribution in [2.75, 3.05) is 17.3 Å². The van der Waals surface area contributed by atoms with Crippen molar-refractivity contribution in [1.82, 2.24) is 0 Å². The molecule has 2 heterocycles. The molecule has 0 aliphatic rings. The second kappa shape index (κ2) is 6.36. The number of aromatic carboxylic acids is 1. The van der Waals surface area contributed by atoms with Crippen LogP contribution in [0.15, 0.2) is 45.6 Å². The lowest BCUT2D eigenvalue weighted by Crippen LogP contribution is -2.30. The summed E-state index contributed by atoms with van der Waals surface area (Å²) in [5, 5.41) is 11.9. The van der Waals surface area contributed by atoms with Gasteiger partial charge in [0.15, 0.2) is 5.58 Å². The van der Waals surface area contributed by atoms with Crippen LogP contribution in [0, 0.1) is 5.82 Å². The number of carboxylic acid groups (broad SMARTS) is 1. The van der Waals surface area contributed by atoms with Gasteiger partial charge in [-0.2, -0.15) is 0 Å². The summed E-state index contributed by atoms with van der Waals surface area (Å²) >= 11 is 1.07. The predicted molar refractivity (Wildman–Crippen MR) is 91.1 cm³/mol. The van der Waals surface area contributed by atoms with Crippen LogP contribution in [0.25, 0.3) is 10.3 Å². The van der Waals surface area contributed by atoms with Crippen molar-refractivity contribution >= 4 is 44.3 Å². The molecule has 128 valence electrons. The minimum Gasteiger partial charge on any atom is -0.477 e. The van der Waals surface area contributed by atoms with Gasteiger partial charge in [-0.3, -0.25) is 10.2 Å². The zero-order valence-electron chi connectivity index (χ0n) is 12.8. The lowest BCUT2D eigenvalue weighted by atomic mass is 10.3. The minimum atomic E-state index is -1.38. The molecule has 2 N–H and O–H groups in total. The Hall–Kier alpha value is -3.20. The van der Waals surface area contributed by atoms with E-state index >= 15 is 0 Å². The average Bonchev–Trinajstić information content (AvgIpc) is 2.94. The number of carbonyl (C=O) groups is 2. The maximum atomic E-state index is 12.9. The Labute approximate surface area is 143 Å². The third-order valence-corrected chi connectivity index (χ3v) is 4.38. The first-order valence-corrected chi connectivity index (χ1v) is 7.78. The third-order valence-electron chi connectivity index (χ3n) is 3.40. The molecule has 0 aliphatic carbocycles. The SMILES string of the molecule is CN(C(=O)Nc1cc2oc(=O)c(C(=O)O)cc2s1)c1ccc(F)cc1. The number of benzene rings is 1. The monoisotopic (exact) mass is 362 g/mol. The molecule has 2 amide bonds. The number of nitrogens with one attached hydrogen (secondary N) is 1. The van der Waals surface area contributed by atoms with E-state index in [9.17, 15) is 18.8 Å². The molecule has 0 saturated carbocycles. The zero-order chi connectivity index (χ0) is 18.1. The van der Waals surface area contributed by atoms with E-state index in [1.807, 2.05) is 0 Å². The van der Waals surface area contributed by atoms with Crippen molar-refractivity contribution < 1.29 is 23.5 Å². The molecule has 0 spiro atoms. The Morgan fingerprint density at radius 2 is 1.92 bits per heavy atom. The molecule has 25 heavy (non-hydrogen) atoms. The van der Waals surface area contributed by atoms with Gasteiger partial charge in [0.2, 0.25) is 0 Å². The van der Waals surface area contributed by atoms with Crippen molar-refractivity contribution in [2.45, 2.75) is 0 Å². The van der Waals surface area contributed by atoms with Gasteiger partial charge in [-0.25, -0.2) is 18.8 Å². The molecular formula is C16H11FN2O5S. The number of hydrogen-bond acceptors (Lipinski definition) is 5. The summed E-state index contributed by atoms with van der Waals surface area (Å²) in [6.45, 7) is 0. The molecule has 0 unspecified atom stereocenters. The lowest BCUT2D eigenvalue weighted by molar-refractivity contribution is 0.0692. The van der Waals surface area contributed by atoms with Crippen LogP contribution >= 0.6 is 11.3 Å². The molecule has 7 nitrogen and oxygen atoms in total. The molecular weight excluding hydrogens is 351 g/mol. The smallest absolute Gasteiger partial charge is 0.351 e. The Morgan fingerprint density at radius 3 is 2.56 bits per heavy atom. The number of nitrogens with zero attached hydrogens (tertiary/aromatic N) is 1. The first kappa shape index (κ1) is 16.7. The fourth-order valence-electron chi connectivity index (χ4n) is 2.10. The highest BCUT2D eigenvalue weighted by Gasteiger charge is 2.16. The van der Waals surface area contributed by atoms with E-state index in [0.717, 1.165) is 11.3 Å². The van der Waals surface area contributed by atoms with Crippen LogP contribution in [0.4, 0.5) is 19.9 Å². The van der Waals surface area contributed by atoms with Crippen LogP contribution in [0.1, 0.15) is 10.4 Å². The number of fused-ring (bicyclic) bond motifs is 1. The quantitative estimate of drug-likeness (QED) is 0.744. The second-order valence-electron chi connectivity index (χ2n) is 5.06. The molecule has 0 saturated heterocycles. The zero-order valence-corrected chi connectivity index (χ0v) is 13.6. The number of carbonyl (C=O) groups excluding carboxylic acids is 1. The van der Waals surface area contributed by atoms with E-state index < -0.39 is 29.0 Å². The number of thiophene rings is 1. The molecule has 1 aromatic carbocycles. The van der Waals surface area contributed by atoms with Gasteiger partial charge in [0.1, 0.15) is 16.4 Å². The summed E-state index contributed by atoms with van der Waals surface area (Å²) < 4.78 is 18.3. The minimum absolute atomic E-state index is 0.180. The summed E-state index contributed by atoms with van der Waals surface area (Å²) in [7, 11) is 1.51. The van der Waals surface area contributed by atoms with Crippen molar-refractivity contribution in [3.63, 3.8) is 0 Å². The van der Waals surface area contributed by atoms with Crippen molar-refractivity contribution in [3.05, 3.63) is 58.2 Å². The van der Waals surface area contributed by atoms with E-state index in [2.05, 4.69) is 5.32 Å². The first-order chi connectivity index (χ1) is 11.8. The lowest BCUT2D eigenvalue weighted by Gasteiger charge is -2.17. The Kier molecular flexibility index (Phi) is 4.24. The maximum absolute atomic E-state index is 12.9. The Bertz CT molecular complexity index is 1030. The number of hydrogen-bond donors (Lipinski definition) is 2. The first-order valence-electron chi connectivity index (χ1n) is 6.96. The maximum Gasteiger partial charge on any atom is 0.351 e. The van der Waals surface area contributed by atoms with Crippen LogP contribution < -0.4 is 15.8 Å². The van der Waals surface area contributed by atoms with Gasteiger partial charge in [-0.1, -0.05) is 0 Å². The molecule has 3 aromatic rings. The molecule has 3 rings (SSSR count).